The van der Waals surface area contributed by atoms with Gasteiger partial charge in [0.25, 0.3) is 5.91 Å². The summed E-state index contributed by atoms with van der Waals surface area (Å²) in [6.45, 7) is 4.23. The van der Waals surface area contributed by atoms with Crippen molar-refractivity contribution in [3.05, 3.63) is 35.5 Å². The molecule has 5 nitrogen and oxygen atoms in total. The summed E-state index contributed by atoms with van der Waals surface area (Å²) in [4.78, 5) is 18.3. The number of ether oxygens (including phenoxy) is 1. The summed E-state index contributed by atoms with van der Waals surface area (Å²) in [6, 6.07) is 8.09. The molecule has 2 heterocycles. The van der Waals surface area contributed by atoms with Crippen LogP contribution in [0, 0.1) is 0 Å². The van der Waals surface area contributed by atoms with Crippen LogP contribution < -0.4 is 5.32 Å². The molecule has 0 unspecified atom stereocenters. The summed E-state index contributed by atoms with van der Waals surface area (Å²) < 4.78 is 5.50. The highest BCUT2D eigenvalue weighted by atomic mass is 16.5. The minimum atomic E-state index is -0.0215. The number of aromatic nitrogens is 1. The number of carbonyl (C=O) groups is 1. The number of hydrogen-bond acceptors (Lipinski definition) is 3. The fourth-order valence-corrected chi connectivity index (χ4v) is 3.63. The molecule has 0 saturated carbocycles. The van der Waals surface area contributed by atoms with Crippen LogP contribution in [0.5, 0.6) is 0 Å². The number of benzene rings is 1. The quantitative estimate of drug-likeness (QED) is 0.886. The molecule has 0 atom stereocenters. The van der Waals surface area contributed by atoms with Crippen molar-refractivity contribution in [2.24, 2.45) is 0 Å². The van der Waals surface area contributed by atoms with E-state index in [1.54, 1.807) is 0 Å². The Kier molecular flexibility index (Phi) is 4.92. The molecule has 5 heteroatoms. The lowest BCUT2D eigenvalue weighted by atomic mass is 9.88. The second-order valence-electron chi connectivity index (χ2n) is 6.79. The summed E-state index contributed by atoms with van der Waals surface area (Å²) in [5.41, 5.74) is 2.79. The third kappa shape index (κ3) is 3.06. The van der Waals surface area contributed by atoms with Crippen LogP contribution in [0.4, 0.5) is 0 Å². The summed E-state index contributed by atoms with van der Waals surface area (Å²) in [5, 5.41) is 4.30. The minimum absolute atomic E-state index is 0.0178. The maximum absolute atomic E-state index is 12.8. The molecule has 1 aromatic heterocycles. The lowest BCUT2D eigenvalue weighted by Gasteiger charge is -2.42. The van der Waals surface area contributed by atoms with E-state index in [-0.39, 0.29) is 11.4 Å². The number of para-hydroxylation sites is 1. The van der Waals surface area contributed by atoms with E-state index < -0.39 is 0 Å². The van der Waals surface area contributed by atoms with Gasteiger partial charge in [0, 0.05) is 36.2 Å². The zero-order valence-corrected chi connectivity index (χ0v) is 14.8. The monoisotopic (exact) mass is 329 g/mol. The van der Waals surface area contributed by atoms with E-state index in [0.29, 0.717) is 12.2 Å². The van der Waals surface area contributed by atoms with Crippen LogP contribution in [-0.2, 0) is 11.2 Å². The van der Waals surface area contributed by atoms with Crippen LogP contribution in [0.3, 0.4) is 0 Å². The number of aromatic amines is 1. The molecule has 1 aromatic carbocycles. The number of nitrogens with zero attached hydrogens (tertiary/aromatic N) is 1. The molecule has 2 aromatic rings. The first-order valence-electron chi connectivity index (χ1n) is 8.70. The number of nitrogens with one attached hydrogen (secondary N) is 2. The van der Waals surface area contributed by atoms with Gasteiger partial charge >= 0.3 is 0 Å². The fourth-order valence-electron chi connectivity index (χ4n) is 3.63. The van der Waals surface area contributed by atoms with Crippen LogP contribution in [0.2, 0.25) is 0 Å². The number of fused-ring (bicyclic) bond motifs is 1. The van der Waals surface area contributed by atoms with Gasteiger partial charge in [0.1, 0.15) is 5.69 Å². The zero-order chi connectivity index (χ0) is 17.2. The maximum Gasteiger partial charge on any atom is 0.268 e. The summed E-state index contributed by atoms with van der Waals surface area (Å²) in [7, 11) is 4.16. The smallest absolute Gasteiger partial charge is 0.268 e. The highest BCUT2D eigenvalue weighted by Crippen LogP contribution is 2.26. The topological polar surface area (TPSA) is 57.4 Å². The van der Waals surface area contributed by atoms with Crippen molar-refractivity contribution in [3.63, 3.8) is 0 Å². The van der Waals surface area contributed by atoms with Crippen LogP contribution in [0.25, 0.3) is 10.9 Å². The van der Waals surface area contributed by atoms with Gasteiger partial charge in [0.05, 0.1) is 0 Å². The molecule has 1 amide bonds. The van der Waals surface area contributed by atoms with Crippen molar-refractivity contribution < 1.29 is 9.53 Å². The van der Waals surface area contributed by atoms with E-state index in [4.69, 9.17) is 4.74 Å². The average molecular weight is 329 g/mol. The van der Waals surface area contributed by atoms with Crippen LogP contribution in [0.1, 0.15) is 35.8 Å². The average Bonchev–Trinajstić information content (AvgIpc) is 2.99. The SMILES string of the molecule is CCc1c(C(=O)NCC2(N(C)C)CCOCC2)[nH]c2ccccc12. The Labute approximate surface area is 143 Å². The molecule has 0 radical (unpaired) electrons. The Bertz CT molecular complexity index is 714. The van der Waals surface area contributed by atoms with Gasteiger partial charge in [0.2, 0.25) is 0 Å². The predicted molar refractivity (Wildman–Crippen MR) is 96.5 cm³/mol. The summed E-state index contributed by atoms with van der Waals surface area (Å²) in [6.07, 6.45) is 2.71. The van der Waals surface area contributed by atoms with E-state index in [9.17, 15) is 4.79 Å². The van der Waals surface area contributed by atoms with Crippen LogP contribution >= 0.6 is 0 Å². The van der Waals surface area contributed by atoms with Gasteiger partial charge in [-0.3, -0.25) is 4.79 Å². The summed E-state index contributed by atoms with van der Waals surface area (Å²) in [5.74, 6) is -0.0178. The molecular weight excluding hydrogens is 302 g/mol. The van der Waals surface area contributed by atoms with E-state index in [1.165, 1.54) is 0 Å². The van der Waals surface area contributed by atoms with Gasteiger partial charge < -0.3 is 19.9 Å². The van der Waals surface area contributed by atoms with Gasteiger partial charge in [-0.2, -0.15) is 0 Å². The highest BCUT2D eigenvalue weighted by Gasteiger charge is 2.35. The van der Waals surface area contributed by atoms with E-state index in [2.05, 4.69) is 42.3 Å². The molecule has 1 saturated heterocycles. The van der Waals surface area contributed by atoms with Gasteiger partial charge in [-0.25, -0.2) is 0 Å². The second kappa shape index (κ2) is 6.95. The molecule has 0 aliphatic carbocycles. The van der Waals surface area contributed by atoms with E-state index >= 15 is 0 Å². The number of amides is 1. The van der Waals surface area contributed by atoms with Crippen molar-refractivity contribution >= 4 is 16.8 Å². The third-order valence-corrected chi connectivity index (χ3v) is 5.34. The Morgan fingerprint density at radius 3 is 2.67 bits per heavy atom. The van der Waals surface area contributed by atoms with Crippen molar-refractivity contribution in [1.82, 2.24) is 15.2 Å². The largest absolute Gasteiger partial charge is 0.381 e. The molecule has 130 valence electrons. The highest BCUT2D eigenvalue weighted by molar-refractivity contribution is 6.01. The first-order valence-corrected chi connectivity index (χ1v) is 8.70. The molecule has 2 N–H and O–H groups in total. The molecular formula is C19H27N3O2. The normalized spacial score (nSPS) is 17.3. The Morgan fingerprint density at radius 2 is 2.00 bits per heavy atom. The van der Waals surface area contributed by atoms with E-state index in [1.807, 2.05) is 18.2 Å². The first kappa shape index (κ1) is 17.0. The lowest BCUT2D eigenvalue weighted by Crippen LogP contribution is -2.55. The van der Waals surface area contributed by atoms with Crippen LogP contribution in [0.15, 0.2) is 24.3 Å². The standard InChI is InChI=1S/C19H27N3O2/c1-4-14-15-7-5-6-8-16(15)21-17(14)18(23)20-13-19(22(2)3)9-11-24-12-10-19/h5-8,21H,4,9-13H2,1-3H3,(H,20,23). The number of H-pyrrole nitrogens is 1. The van der Waals surface area contributed by atoms with Gasteiger partial charge in [-0.1, -0.05) is 25.1 Å². The fraction of sp³-hybridized carbons (Fsp3) is 0.526. The number of carbonyl (C=O) groups excluding carboxylic acids is 1. The molecule has 0 spiro atoms. The second-order valence-corrected chi connectivity index (χ2v) is 6.79. The van der Waals surface area contributed by atoms with Crippen molar-refractivity contribution in [1.29, 1.82) is 0 Å². The molecule has 0 bridgehead atoms. The van der Waals surface area contributed by atoms with E-state index in [0.717, 1.165) is 48.9 Å². The number of hydrogen-bond donors (Lipinski definition) is 2. The Hall–Kier alpha value is -1.85. The summed E-state index contributed by atoms with van der Waals surface area (Å²) >= 11 is 0. The van der Waals surface area contributed by atoms with Crippen molar-refractivity contribution in [2.45, 2.75) is 31.7 Å². The molecule has 3 rings (SSSR count). The van der Waals surface area contributed by atoms with Gasteiger partial charge in [-0.05, 0) is 45.0 Å². The molecule has 1 aliphatic heterocycles. The zero-order valence-electron chi connectivity index (χ0n) is 14.8. The minimum Gasteiger partial charge on any atom is -0.381 e. The van der Waals surface area contributed by atoms with Crippen molar-refractivity contribution in [3.8, 4) is 0 Å². The number of aryl methyl sites for hydroxylation is 1. The van der Waals surface area contributed by atoms with Gasteiger partial charge in [0.15, 0.2) is 0 Å². The molecule has 1 aliphatic rings. The third-order valence-electron chi connectivity index (χ3n) is 5.34. The van der Waals surface area contributed by atoms with Crippen molar-refractivity contribution in [2.75, 3.05) is 33.9 Å². The van der Waals surface area contributed by atoms with Gasteiger partial charge in [-0.15, -0.1) is 0 Å². The number of rotatable bonds is 5. The maximum atomic E-state index is 12.8. The molecule has 1 fully saturated rings. The first-order chi connectivity index (χ1) is 11.6. The predicted octanol–water partition coefficient (Wildman–Crippen LogP) is 2.57. The Balaban J connectivity index is 1.80. The number of likely N-dealkylation sites (N-methyl/N-ethyl adjacent to an activating group) is 1. The molecule has 24 heavy (non-hydrogen) atoms. The lowest BCUT2D eigenvalue weighted by molar-refractivity contribution is -0.00660. The van der Waals surface area contributed by atoms with Crippen LogP contribution in [-0.4, -0.2) is 55.2 Å². The Morgan fingerprint density at radius 1 is 1.29 bits per heavy atom.